The smallest absolute Gasteiger partial charge is 0.166 e. The number of furan rings is 1. The number of nitrogens with zero attached hydrogens (tertiary/aromatic N) is 6. The molecular weight excluding hydrogens is 829 g/mol. The van der Waals surface area contributed by atoms with Crippen molar-refractivity contribution in [2.75, 3.05) is 0 Å². The van der Waals surface area contributed by atoms with Gasteiger partial charge in [-0.3, -0.25) is 0 Å². The van der Waals surface area contributed by atoms with Crippen molar-refractivity contribution in [3.63, 3.8) is 0 Å². The monoisotopic (exact) mass is 860 g/mol. The molecule has 7 nitrogen and oxygen atoms in total. The summed E-state index contributed by atoms with van der Waals surface area (Å²) >= 11 is 1.83. The van der Waals surface area contributed by atoms with Crippen LogP contribution in [0.5, 0.6) is 0 Å². The molecule has 66 heavy (non-hydrogen) atoms. The van der Waals surface area contributed by atoms with Crippen LogP contribution in [0.1, 0.15) is 5.56 Å². The first-order valence-corrected chi connectivity index (χ1v) is 22.6. The normalized spacial score (nSPS) is 11.9. The van der Waals surface area contributed by atoms with Crippen LogP contribution in [0.25, 0.3) is 131 Å². The third-order valence-electron chi connectivity index (χ3n) is 13.0. The lowest BCUT2D eigenvalue weighted by atomic mass is 10.0. The SMILES string of the molecule is N#Cc1cc(-c2nc(-c3ccccc3)nc(-c3ccc4c(c3)oc3ccccc34)n2)c(-n2c3ccccc3c3c4sc5ccccc5c4ccc32)cc1-n1c2ccccc2c2ccccc21. The molecule has 0 N–H and O–H groups in total. The van der Waals surface area contributed by atoms with E-state index in [1.807, 2.05) is 78.1 Å². The zero-order valence-corrected chi connectivity index (χ0v) is 35.8. The summed E-state index contributed by atoms with van der Waals surface area (Å²) in [6.07, 6.45) is 0. The van der Waals surface area contributed by atoms with Gasteiger partial charge in [0.1, 0.15) is 17.2 Å². The van der Waals surface area contributed by atoms with E-state index in [-0.39, 0.29) is 0 Å². The number of thiophene rings is 1. The lowest BCUT2D eigenvalue weighted by Gasteiger charge is -2.19. The van der Waals surface area contributed by atoms with Gasteiger partial charge in [-0.15, -0.1) is 11.3 Å². The van der Waals surface area contributed by atoms with E-state index >= 15 is 0 Å². The van der Waals surface area contributed by atoms with Crippen molar-refractivity contribution in [1.82, 2.24) is 24.1 Å². The number of fused-ring (bicyclic) bond motifs is 13. The topological polar surface area (TPSA) is 85.5 Å². The fraction of sp³-hybridized carbons (Fsp3) is 0. The summed E-state index contributed by atoms with van der Waals surface area (Å²) in [5.74, 6) is 1.45. The second kappa shape index (κ2) is 14.1. The van der Waals surface area contributed by atoms with Gasteiger partial charge in [0.25, 0.3) is 0 Å². The maximum atomic E-state index is 11.3. The van der Waals surface area contributed by atoms with Crippen LogP contribution in [-0.4, -0.2) is 24.1 Å². The first-order valence-electron chi connectivity index (χ1n) is 21.8. The summed E-state index contributed by atoms with van der Waals surface area (Å²) in [4.78, 5) is 15.8. The van der Waals surface area contributed by atoms with Crippen LogP contribution in [0, 0.1) is 11.3 Å². The van der Waals surface area contributed by atoms with Gasteiger partial charge in [0.2, 0.25) is 0 Å². The molecule has 0 fully saturated rings. The highest BCUT2D eigenvalue weighted by atomic mass is 32.1. The Morgan fingerprint density at radius 3 is 1.76 bits per heavy atom. The minimum absolute atomic E-state index is 0.442. The Labute approximate surface area is 380 Å². The van der Waals surface area contributed by atoms with E-state index in [0.29, 0.717) is 28.6 Å². The van der Waals surface area contributed by atoms with Crippen molar-refractivity contribution in [1.29, 1.82) is 5.26 Å². The largest absolute Gasteiger partial charge is 0.456 e. The van der Waals surface area contributed by atoms with Gasteiger partial charge in [-0.1, -0.05) is 133 Å². The Balaban J connectivity index is 1.11. The van der Waals surface area contributed by atoms with Crippen LogP contribution >= 0.6 is 11.3 Å². The Hall–Kier alpha value is -8.90. The van der Waals surface area contributed by atoms with Crippen molar-refractivity contribution >= 4 is 97.1 Å². The van der Waals surface area contributed by atoms with Crippen LogP contribution < -0.4 is 0 Å². The molecule has 0 radical (unpaired) electrons. The fourth-order valence-electron chi connectivity index (χ4n) is 10.1. The first kappa shape index (κ1) is 36.6. The Bertz CT molecular complexity index is 4320. The molecule has 0 unspecified atom stereocenters. The van der Waals surface area contributed by atoms with E-state index in [1.54, 1.807) is 0 Å². The van der Waals surface area contributed by atoms with E-state index < -0.39 is 0 Å². The lowest BCUT2D eigenvalue weighted by Crippen LogP contribution is -2.07. The first-order chi connectivity index (χ1) is 32.7. The molecule has 0 saturated carbocycles. The van der Waals surface area contributed by atoms with E-state index in [9.17, 15) is 5.26 Å². The molecule has 0 aliphatic heterocycles. The van der Waals surface area contributed by atoms with Crippen LogP contribution in [0.15, 0.2) is 199 Å². The van der Waals surface area contributed by atoms with E-state index in [4.69, 9.17) is 19.4 Å². The molecular formula is C58H32N6OS. The summed E-state index contributed by atoms with van der Waals surface area (Å²) < 4.78 is 13.4. The van der Waals surface area contributed by atoms with Gasteiger partial charge >= 0.3 is 0 Å². The van der Waals surface area contributed by atoms with E-state index in [1.165, 1.54) is 25.6 Å². The van der Waals surface area contributed by atoms with Crippen molar-refractivity contribution in [3.8, 4) is 51.6 Å². The number of hydrogen-bond donors (Lipinski definition) is 0. The van der Waals surface area contributed by atoms with Gasteiger partial charge in [0, 0.05) is 69.2 Å². The van der Waals surface area contributed by atoms with E-state index in [2.05, 4.69) is 143 Å². The second-order valence-electron chi connectivity index (χ2n) is 16.6. The number of para-hydroxylation sites is 4. The number of hydrogen-bond acceptors (Lipinski definition) is 6. The highest BCUT2D eigenvalue weighted by molar-refractivity contribution is 7.26. The molecule has 5 heterocycles. The van der Waals surface area contributed by atoms with Crippen LogP contribution in [0.2, 0.25) is 0 Å². The summed E-state index contributed by atoms with van der Waals surface area (Å²) in [7, 11) is 0. The second-order valence-corrected chi connectivity index (χ2v) is 17.7. The van der Waals surface area contributed by atoms with Gasteiger partial charge in [-0.2, -0.15) is 5.26 Å². The minimum Gasteiger partial charge on any atom is -0.456 e. The van der Waals surface area contributed by atoms with Gasteiger partial charge in [0.15, 0.2) is 17.5 Å². The zero-order chi connectivity index (χ0) is 43.5. The molecule has 14 rings (SSSR count). The third kappa shape index (κ3) is 5.32. The summed E-state index contributed by atoms with van der Waals surface area (Å²) in [6.45, 7) is 0. The molecule has 0 atom stereocenters. The average Bonchev–Trinajstić information content (AvgIpc) is 4.13. The Kier molecular flexibility index (Phi) is 7.79. The predicted molar refractivity (Wildman–Crippen MR) is 270 cm³/mol. The lowest BCUT2D eigenvalue weighted by molar-refractivity contribution is 0.669. The minimum atomic E-state index is 0.442. The number of benzene rings is 9. The molecule has 8 heteroatoms. The highest BCUT2D eigenvalue weighted by Gasteiger charge is 2.25. The summed E-state index contributed by atoms with van der Waals surface area (Å²) in [5.41, 5.74) is 10.1. The molecule has 9 aromatic carbocycles. The maximum Gasteiger partial charge on any atom is 0.166 e. The number of aromatic nitrogens is 5. The fourth-order valence-corrected chi connectivity index (χ4v) is 11.4. The summed E-state index contributed by atoms with van der Waals surface area (Å²) in [5, 5.41) is 20.4. The number of rotatable bonds is 5. The standard InChI is InChI=1S/C58H32N6OS/c59-33-36-30-44(58-61-56(34-14-2-1-3-15-34)60-57(62-58)35-26-27-40-39-18-7-12-24-51(39)65-52(40)31-35)50(32-49(36)63-45-21-9-4-16-37(45)38-17-5-10-22-46(38)63)64-47-23-11-6-20-43(47)54-48(64)29-28-42-41-19-8-13-25-53(41)66-55(42)54/h1-32H. The van der Waals surface area contributed by atoms with E-state index in [0.717, 1.165) is 82.7 Å². The quantitative estimate of drug-likeness (QED) is 0.172. The third-order valence-corrected chi connectivity index (χ3v) is 14.2. The zero-order valence-electron chi connectivity index (χ0n) is 35.0. The Morgan fingerprint density at radius 1 is 0.424 bits per heavy atom. The maximum absolute atomic E-state index is 11.3. The van der Waals surface area contributed by atoms with Crippen LogP contribution in [0.3, 0.4) is 0 Å². The van der Waals surface area contributed by atoms with Crippen molar-refractivity contribution in [3.05, 3.63) is 200 Å². The summed E-state index contributed by atoms with van der Waals surface area (Å²) in [6, 6.07) is 69.6. The van der Waals surface area contributed by atoms with Crippen molar-refractivity contribution in [2.24, 2.45) is 0 Å². The van der Waals surface area contributed by atoms with Crippen molar-refractivity contribution < 1.29 is 4.42 Å². The highest BCUT2D eigenvalue weighted by Crippen LogP contribution is 2.46. The van der Waals surface area contributed by atoms with Gasteiger partial charge in [-0.25, -0.2) is 15.0 Å². The molecule has 0 aliphatic rings. The molecule has 0 bridgehead atoms. The van der Waals surface area contributed by atoms with Gasteiger partial charge in [0.05, 0.1) is 39.0 Å². The van der Waals surface area contributed by atoms with Crippen LogP contribution in [0.4, 0.5) is 0 Å². The molecule has 0 spiro atoms. The van der Waals surface area contributed by atoms with Crippen molar-refractivity contribution in [2.45, 2.75) is 0 Å². The molecule has 0 amide bonds. The Morgan fingerprint density at radius 2 is 1.00 bits per heavy atom. The molecule has 0 saturated heterocycles. The molecule has 306 valence electrons. The predicted octanol–water partition coefficient (Wildman–Crippen LogP) is 15.2. The number of nitriles is 1. The molecule has 5 aromatic heterocycles. The molecule has 14 aromatic rings. The average molecular weight is 861 g/mol. The van der Waals surface area contributed by atoms with Gasteiger partial charge < -0.3 is 13.6 Å². The van der Waals surface area contributed by atoms with Crippen LogP contribution in [-0.2, 0) is 0 Å². The molecule has 0 aliphatic carbocycles. The van der Waals surface area contributed by atoms with Gasteiger partial charge in [-0.05, 0) is 60.7 Å².